The predicted molar refractivity (Wildman–Crippen MR) is 58.7 cm³/mol. The first-order valence-corrected chi connectivity index (χ1v) is 7.24. The summed E-state index contributed by atoms with van der Waals surface area (Å²) in [5.74, 6) is -3.41. The van der Waals surface area contributed by atoms with E-state index in [-0.39, 0.29) is 18.1 Å². The third-order valence-corrected chi connectivity index (χ3v) is 3.63. The second-order valence-corrected chi connectivity index (χ2v) is 5.70. The first-order chi connectivity index (χ1) is 9.81. The summed E-state index contributed by atoms with van der Waals surface area (Å²) in [6, 6.07) is 0. The van der Waals surface area contributed by atoms with Crippen molar-refractivity contribution in [1.82, 2.24) is 4.37 Å². The van der Waals surface area contributed by atoms with Gasteiger partial charge in [0.15, 0.2) is 0 Å². The minimum atomic E-state index is -6.37. The molecule has 1 aromatic heterocycles. The summed E-state index contributed by atoms with van der Waals surface area (Å²) in [6.45, 7) is 0.961. The van der Waals surface area contributed by atoms with E-state index in [2.05, 4.69) is 13.3 Å². The number of esters is 1. The van der Waals surface area contributed by atoms with Crippen molar-refractivity contribution in [1.29, 1.82) is 0 Å². The van der Waals surface area contributed by atoms with Crippen molar-refractivity contribution in [3.05, 3.63) is 10.4 Å². The Kier molecular flexibility index (Phi) is 4.96. The summed E-state index contributed by atoms with van der Waals surface area (Å²) in [5.41, 5.74) is -8.01. The monoisotopic (exact) mass is 373 g/mol. The Morgan fingerprint density at radius 3 is 2.18 bits per heavy atom. The minimum absolute atomic E-state index is 0.199. The topological polar surface area (TPSA) is 82.6 Å². The molecule has 6 nitrogen and oxygen atoms in total. The van der Waals surface area contributed by atoms with Crippen molar-refractivity contribution in [3.8, 4) is 5.88 Å². The second kappa shape index (κ2) is 5.91. The zero-order valence-corrected chi connectivity index (χ0v) is 11.9. The lowest BCUT2D eigenvalue weighted by Crippen LogP contribution is -2.29. The van der Waals surface area contributed by atoms with Crippen molar-refractivity contribution < 1.29 is 48.5 Å². The molecule has 0 radical (unpaired) electrons. The molecule has 0 aliphatic rings. The third kappa shape index (κ3) is 3.79. The van der Waals surface area contributed by atoms with Gasteiger partial charge in [-0.25, -0.2) is 4.79 Å². The van der Waals surface area contributed by atoms with Gasteiger partial charge in [-0.15, -0.1) is 0 Å². The van der Waals surface area contributed by atoms with Crippen LogP contribution < -0.4 is 4.18 Å². The molecule has 0 aromatic carbocycles. The number of ether oxygens (including phenoxy) is 1. The van der Waals surface area contributed by atoms with Crippen LogP contribution in [-0.2, 0) is 21.0 Å². The van der Waals surface area contributed by atoms with E-state index >= 15 is 0 Å². The maximum Gasteiger partial charge on any atom is 0.534 e. The van der Waals surface area contributed by atoms with E-state index < -0.39 is 44.1 Å². The van der Waals surface area contributed by atoms with Crippen LogP contribution in [0.2, 0.25) is 0 Å². The standard InChI is InChI=1S/C8H5F6NO5S2/c1-2-19-6(16)4-3(7(9,10)11)5(15-21-4)20-22(17,18)8(12,13)14/h2H2,1H3. The average Bonchev–Trinajstić information content (AvgIpc) is 2.70. The maximum atomic E-state index is 12.8. The lowest BCUT2D eigenvalue weighted by Gasteiger charge is -2.11. The summed E-state index contributed by atoms with van der Waals surface area (Å²) in [7, 11) is -6.37. The van der Waals surface area contributed by atoms with Gasteiger partial charge in [0.25, 0.3) is 5.88 Å². The van der Waals surface area contributed by atoms with Gasteiger partial charge >= 0.3 is 27.8 Å². The molecule has 1 rings (SSSR count). The van der Waals surface area contributed by atoms with Crippen molar-refractivity contribution in [2.75, 3.05) is 6.61 Å². The number of rotatable bonds is 4. The summed E-state index contributed by atoms with van der Waals surface area (Å²) >= 11 is -0.199. The highest BCUT2D eigenvalue weighted by Gasteiger charge is 2.51. The highest BCUT2D eigenvalue weighted by Crippen LogP contribution is 2.42. The Hall–Kier alpha value is -1.57. The number of nitrogens with zero attached hydrogens (tertiary/aromatic N) is 1. The molecule has 1 heterocycles. The highest BCUT2D eigenvalue weighted by molar-refractivity contribution is 7.88. The fourth-order valence-corrected chi connectivity index (χ4v) is 2.27. The molecule has 0 N–H and O–H groups in total. The Balaban J connectivity index is 3.37. The highest BCUT2D eigenvalue weighted by atomic mass is 32.2. The molecule has 0 atom stereocenters. The van der Waals surface area contributed by atoms with Gasteiger partial charge in [-0.2, -0.15) is 39.1 Å². The number of alkyl halides is 6. The van der Waals surface area contributed by atoms with Crippen LogP contribution in [0.25, 0.3) is 0 Å². The number of aromatic nitrogens is 1. The fraction of sp³-hybridized carbons (Fsp3) is 0.500. The number of carbonyl (C=O) groups is 1. The molecule has 0 fully saturated rings. The minimum Gasteiger partial charge on any atom is -0.462 e. The van der Waals surface area contributed by atoms with Gasteiger partial charge in [0.1, 0.15) is 10.4 Å². The third-order valence-electron chi connectivity index (χ3n) is 1.88. The van der Waals surface area contributed by atoms with Gasteiger partial charge in [-0.05, 0) is 18.5 Å². The molecular weight excluding hydrogens is 368 g/mol. The lowest BCUT2D eigenvalue weighted by molar-refractivity contribution is -0.138. The summed E-state index contributed by atoms with van der Waals surface area (Å²) < 4.78 is 107. The molecule has 0 amide bonds. The molecule has 0 bridgehead atoms. The molecule has 126 valence electrons. The summed E-state index contributed by atoms with van der Waals surface area (Å²) in [6.07, 6.45) is -5.38. The van der Waals surface area contributed by atoms with E-state index in [1.807, 2.05) is 0 Å². The van der Waals surface area contributed by atoms with Crippen LogP contribution in [0.5, 0.6) is 5.88 Å². The maximum absolute atomic E-state index is 12.8. The molecule has 1 aromatic rings. The second-order valence-electron chi connectivity index (χ2n) is 3.39. The van der Waals surface area contributed by atoms with Crippen LogP contribution in [0.1, 0.15) is 22.2 Å². The van der Waals surface area contributed by atoms with E-state index in [1.165, 1.54) is 6.92 Å². The molecule has 0 aliphatic carbocycles. The number of hydrogen-bond donors (Lipinski definition) is 0. The molecule has 0 unspecified atom stereocenters. The Morgan fingerprint density at radius 2 is 1.77 bits per heavy atom. The molecule has 14 heteroatoms. The van der Waals surface area contributed by atoms with E-state index in [9.17, 15) is 39.6 Å². The van der Waals surface area contributed by atoms with E-state index in [0.29, 0.717) is 0 Å². The van der Waals surface area contributed by atoms with Crippen LogP contribution >= 0.6 is 11.5 Å². The zero-order valence-electron chi connectivity index (χ0n) is 10.3. The first kappa shape index (κ1) is 18.5. The van der Waals surface area contributed by atoms with Crippen molar-refractivity contribution in [3.63, 3.8) is 0 Å². The molecule has 0 saturated carbocycles. The quantitative estimate of drug-likeness (QED) is 0.349. The largest absolute Gasteiger partial charge is 0.534 e. The van der Waals surface area contributed by atoms with Crippen molar-refractivity contribution >= 4 is 27.6 Å². The molecule has 0 aliphatic heterocycles. The Morgan fingerprint density at radius 1 is 1.23 bits per heavy atom. The molecule has 0 saturated heterocycles. The van der Waals surface area contributed by atoms with Crippen LogP contribution in [0.4, 0.5) is 26.3 Å². The summed E-state index contributed by atoms with van der Waals surface area (Å²) in [4.78, 5) is 10.1. The van der Waals surface area contributed by atoms with E-state index in [4.69, 9.17) is 0 Å². The molecular formula is C8H5F6NO5S2. The summed E-state index contributed by atoms with van der Waals surface area (Å²) in [5, 5.41) is 0. The smallest absolute Gasteiger partial charge is 0.462 e. The number of hydrogen-bond acceptors (Lipinski definition) is 7. The predicted octanol–water partition coefficient (Wildman–Crippen LogP) is 2.57. The number of halogens is 6. The lowest BCUT2D eigenvalue weighted by atomic mass is 10.2. The Bertz CT molecular complexity index is 662. The van der Waals surface area contributed by atoms with Crippen LogP contribution in [0, 0.1) is 0 Å². The van der Waals surface area contributed by atoms with Gasteiger partial charge in [-0.3, -0.25) is 0 Å². The van der Waals surface area contributed by atoms with Gasteiger partial charge in [0.2, 0.25) is 0 Å². The van der Waals surface area contributed by atoms with Gasteiger partial charge < -0.3 is 8.92 Å². The fourth-order valence-electron chi connectivity index (χ4n) is 1.07. The average molecular weight is 373 g/mol. The zero-order chi connectivity index (χ0) is 17.3. The molecule has 0 spiro atoms. The van der Waals surface area contributed by atoms with E-state index in [0.717, 1.165) is 0 Å². The van der Waals surface area contributed by atoms with Crippen molar-refractivity contribution in [2.24, 2.45) is 0 Å². The van der Waals surface area contributed by atoms with Crippen LogP contribution in [0.3, 0.4) is 0 Å². The van der Waals surface area contributed by atoms with Gasteiger partial charge in [-0.1, -0.05) is 0 Å². The normalized spacial score (nSPS) is 13.0. The van der Waals surface area contributed by atoms with Crippen molar-refractivity contribution in [2.45, 2.75) is 18.6 Å². The first-order valence-electron chi connectivity index (χ1n) is 5.06. The van der Waals surface area contributed by atoms with Gasteiger partial charge in [0, 0.05) is 0 Å². The van der Waals surface area contributed by atoms with Gasteiger partial charge in [0.05, 0.1) is 6.61 Å². The SMILES string of the molecule is CCOC(=O)c1snc(OS(=O)(=O)C(F)(F)F)c1C(F)(F)F. The van der Waals surface area contributed by atoms with Crippen LogP contribution in [0.15, 0.2) is 0 Å². The molecule has 22 heavy (non-hydrogen) atoms. The van der Waals surface area contributed by atoms with Crippen LogP contribution in [-0.4, -0.2) is 30.9 Å². The Labute approximate surface area is 122 Å². The van der Waals surface area contributed by atoms with E-state index in [1.54, 1.807) is 0 Å². The number of carbonyl (C=O) groups excluding carboxylic acids is 1.